The Balaban J connectivity index is 1.90. The van der Waals surface area contributed by atoms with Gasteiger partial charge in [-0.3, -0.25) is 0 Å². The molecule has 0 aliphatic heterocycles. The van der Waals surface area contributed by atoms with Crippen LogP contribution in [0.5, 0.6) is 11.5 Å². The van der Waals surface area contributed by atoms with E-state index in [2.05, 4.69) is 0 Å². The number of ether oxygens (including phenoxy) is 2. The van der Waals surface area contributed by atoms with Crippen LogP contribution in [0.2, 0.25) is 0 Å². The van der Waals surface area contributed by atoms with Crippen LogP contribution >= 0.6 is 0 Å². The Morgan fingerprint density at radius 2 is 1.78 bits per heavy atom. The van der Waals surface area contributed by atoms with E-state index in [0.717, 1.165) is 16.3 Å². The van der Waals surface area contributed by atoms with Crippen molar-refractivity contribution in [2.75, 3.05) is 7.11 Å². The van der Waals surface area contributed by atoms with Crippen LogP contribution in [0.3, 0.4) is 0 Å². The molecule has 0 aromatic heterocycles. The monoisotopic (exact) mass is 308 g/mol. The molecule has 0 saturated heterocycles. The van der Waals surface area contributed by atoms with Gasteiger partial charge in [-0.2, -0.15) is 0 Å². The van der Waals surface area contributed by atoms with Gasteiger partial charge >= 0.3 is 5.97 Å². The second-order valence-corrected chi connectivity index (χ2v) is 5.14. The number of carboxylic acids is 1. The maximum absolute atomic E-state index is 11.3. The number of hydrogen-bond acceptors (Lipinski definition) is 3. The maximum Gasteiger partial charge on any atom is 0.339 e. The van der Waals surface area contributed by atoms with E-state index in [1.807, 2.05) is 48.5 Å². The lowest BCUT2D eigenvalue weighted by Gasteiger charge is -2.10. The minimum Gasteiger partial charge on any atom is -0.496 e. The molecule has 0 bridgehead atoms. The van der Waals surface area contributed by atoms with Crippen LogP contribution in [0, 0.1) is 0 Å². The van der Waals surface area contributed by atoms with Gasteiger partial charge in [-0.15, -0.1) is 0 Å². The van der Waals surface area contributed by atoms with Gasteiger partial charge in [0.05, 0.1) is 7.11 Å². The summed E-state index contributed by atoms with van der Waals surface area (Å²) in [6.07, 6.45) is 0. The lowest BCUT2D eigenvalue weighted by Crippen LogP contribution is -2.00. The summed E-state index contributed by atoms with van der Waals surface area (Å²) in [5, 5.41) is 11.0. The average Bonchev–Trinajstić information content (AvgIpc) is 2.59. The number of aromatic carboxylic acids is 1. The summed E-state index contributed by atoms with van der Waals surface area (Å²) in [5.74, 6) is 0.0326. The largest absolute Gasteiger partial charge is 0.496 e. The maximum atomic E-state index is 11.3. The van der Waals surface area contributed by atoms with Crippen LogP contribution in [0.25, 0.3) is 10.8 Å². The molecule has 0 saturated carbocycles. The molecule has 4 heteroatoms. The first kappa shape index (κ1) is 14.9. The van der Waals surface area contributed by atoms with Crippen molar-refractivity contribution in [3.8, 4) is 11.5 Å². The molecular formula is C19H16O4. The van der Waals surface area contributed by atoms with E-state index >= 15 is 0 Å². The van der Waals surface area contributed by atoms with Gasteiger partial charge in [-0.25, -0.2) is 4.79 Å². The van der Waals surface area contributed by atoms with E-state index in [0.29, 0.717) is 18.1 Å². The third kappa shape index (κ3) is 3.26. The fourth-order valence-electron chi connectivity index (χ4n) is 2.42. The van der Waals surface area contributed by atoms with Gasteiger partial charge < -0.3 is 14.6 Å². The SMILES string of the molecule is COc1cc2ccc(OCc3ccccc3)cc2cc1C(=O)O. The van der Waals surface area contributed by atoms with Crippen molar-refractivity contribution in [3.63, 3.8) is 0 Å². The summed E-state index contributed by atoms with van der Waals surface area (Å²) >= 11 is 0. The van der Waals surface area contributed by atoms with Crippen molar-refractivity contribution >= 4 is 16.7 Å². The minimum absolute atomic E-state index is 0.139. The summed E-state index contributed by atoms with van der Waals surface area (Å²) in [4.78, 5) is 11.3. The van der Waals surface area contributed by atoms with E-state index < -0.39 is 5.97 Å². The lowest BCUT2D eigenvalue weighted by atomic mass is 10.1. The van der Waals surface area contributed by atoms with E-state index in [4.69, 9.17) is 9.47 Å². The molecule has 0 amide bonds. The molecule has 23 heavy (non-hydrogen) atoms. The number of methoxy groups -OCH3 is 1. The highest BCUT2D eigenvalue weighted by molar-refractivity contribution is 5.98. The zero-order chi connectivity index (χ0) is 16.2. The number of carbonyl (C=O) groups is 1. The van der Waals surface area contributed by atoms with Crippen LogP contribution in [-0.2, 0) is 6.61 Å². The molecule has 0 aliphatic rings. The summed E-state index contributed by atoms with van der Waals surface area (Å²) < 4.78 is 10.9. The Morgan fingerprint density at radius 3 is 2.48 bits per heavy atom. The molecule has 0 heterocycles. The van der Waals surface area contributed by atoms with Crippen LogP contribution < -0.4 is 9.47 Å². The van der Waals surface area contributed by atoms with E-state index in [1.165, 1.54) is 7.11 Å². The van der Waals surface area contributed by atoms with Gasteiger partial charge in [-0.05, 0) is 40.6 Å². The van der Waals surface area contributed by atoms with Crippen molar-refractivity contribution in [1.29, 1.82) is 0 Å². The van der Waals surface area contributed by atoms with E-state index in [-0.39, 0.29) is 5.56 Å². The Labute approximate surface area is 133 Å². The number of fused-ring (bicyclic) bond motifs is 1. The van der Waals surface area contributed by atoms with Gasteiger partial charge in [-0.1, -0.05) is 36.4 Å². The molecule has 0 unspecified atom stereocenters. The first-order chi connectivity index (χ1) is 11.2. The van der Waals surface area contributed by atoms with Gasteiger partial charge in [0.1, 0.15) is 23.7 Å². The van der Waals surface area contributed by atoms with Crippen molar-refractivity contribution in [1.82, 2.24) is 0 Å². The molecule has 3 aromatic rings. The van der Waals surface area contributed by atoms with Crippen molar-refractivity contribution < 1.29 is 19.4 Å². The lowest BCUT2D eigenvalue weighted by molar-refractivity contribution is 0.0693. The zero-order valence-electron chi connectivity index (χ0n) is 12.7. The number of carboxylic acid groups (broad SMARTS) is 1. The second-order valence-electron chi connectivity index (χ2n) is 5.14. The third-order valence-electron chi connectivity index (χ3n) is 3.61. The van der Waals surface area contributed by atoms with Crippen molar-refractivity contribution in [2.45, 2.75) is 6.61 Å². The Hall–Kier alpha value is -3.01. The topological polar surface area (TPSA) is 55.8 Å². The Morgan fingerprint density at radius 1 is 1.00 bits per heavy atom. The normalized spacial score (nSPS) is 10.5. The molecule has 4 nitrogen and oxygen atoms in total. The van der Waals surface area contributed by atoms with Crippen LogP contribution in [0.1, 0.15) is 15.9 Å². The van der Waals surface area contributed by atoms with Gasteiger partial charge in [0, 0.05) is 0 Å². The molecule has 0 radical (unpaired) electrons. The first-order valence-electron chi connectivity index (χ1n) is 7.19. The summed E-state index contributed by atoms with van der Waals surface area (Å²) in [5.41, 5.74) is 1.22. The van der Waals surface area contributed by atoms with E-state index in [1.54, 1.807) is 12.1 Å². The molecule has 0 aliphatic carbocycles. The highest BCUT2D eigenvalue weighted by atomic mass is 16.5. The fourth-order valence-corrected chi connectivity index (χ4v) is 2.42. The summed E-state index contributed by atoms with van der Waals surface area (Å²) in [6.45, 7) is 0.467. The molecule has 0 atom stereocenters. The highest BCUT2D eigenvalue weighted by Crippen LogP contribution is 2.29. The molecule has 0 fully saturated rings. The predicted octanol–water partition coefficient (Wildman–Crippen LogP) is 4.13. The highest BCUT2D eigenvalue weighted by Gasteiger charge is 2.12. The van der Waals surface area contributed by atoms with E-state index in [9.17, 15) is 9.90 Å². The summed E-state index contributed by atoms with van der Waals surface area (Å²) in [6, 6.07) is 18.8. The van der Waals surface area contributed by atoms with Gasteiger partial charge in [0.25, 0.3) is 0 Å². The first-order valence-corrected chi connectivity index (χ1v) is 7.19. The Kier molecular flexibility index (Phi) is 4.15. The van der Waals surface area contributed by atoms with Crippen LogP contribution in [0.15, 0.2) is 60.7 Å². The number of rotatable bonds is 5. The molecular weight excluding hydrogens is 292 g/mol. The zero-order valence-corrected chi connectivity index (χ0v) is 12.7. The average molecular weight is 308 g/mol. The molecule has 3 rings (SSSR count). The molecule has 3 aromatic carbocycles. The quantitative estimate of drug-likeness (QED) is 0.770. The molecule has 0 spiro atoms. The van der Waals surface area contributed by atoms with Gasteiger partial charge in [0.15, 0.2) is 0 Å². The third-order valence-corrected chi connectivity index (χ3v) is 3.61. The van der Waals surface area contributed by atoms with Gasteiger partial charge in [0.2, 0.25) is 0 Å². The smallest absolute Gasteiger partial charge is 0.339 e. The fraction of sp³-hybridized carbons (Fsp3) is 0.105. The molecule has 116 valence electrons. The molecule has 1 N–H and O–H groups in total. The van der Waals surface area contributed by atoms with Crippen LogP contribution in [-0.4, -0.2) is 18.2 Å². The Bertz CT molecular complexity index is 841. The minimum atomic E-state index is -1.01. The second kappa shape index (κ2) is 6.40. The number of benzene rings is 3. The number of hydrogen-bond donors (Lipinski definition) is 1. The summed E-state index contributed by atoms with van der Waals surface area (Å²) in [7, 11) is 1.46. The standard InChI is InChI=1S/C19H16O4/c1-22-18-11-14-7-8-16(9-15(14)10-17(18)19(20)21)23-12-13-5-3-2-4-6-13/h2-11H,12H2,1H3,(H,20,21). The van der Waals surface area contributed by atoms with Crippen LogP contribution in [0.4, 0.5) is 0 Å². The van der Waals surface area contributed by atoms with Crippen molar-refractivity contribution in [2.24, 2.45) is 0 Å². The predicted molar refractivity (Wildman–Crippen MR) is 88.2 cm³/mol. The van der Waals surface area contributed by atoms with Crippen molar-refractivity contribution in [3.05, 3.63) is 71.8 Å².